The molecule has 0 amide bonds. The highest BCUT2D eigenvalue weighted by Crippen LogP contribution is 2.29. The monoisotopic (exact) mass is 259 g/mol. The molecule has 0 bridgehead atoms. The van der Waals surface area contributed by atoms with Crippen LogP contribution in [0.25, 0.3) is 0 Å². The number of ether oxygens (including phenoxy) is 1. The van der Waals surface area contributed by atoms with E-state index in [1.54, 1.807) is 18.9 Å². The highest BCUT2D eigenvalue weighted by Gasteiger charge is 2.04. The van der Waals surface area contributed by atoms with E-state index < -0.39 is 0 Å². The summed E-state index contributed by atoms with van der Waals surface area (Å²) in [7, 11) is 1.68. The predicted octanol–water partition coefficient (Wildman–Crippen LogP) is 3.88. The van der Waals surface area contributed by atoms with Gasteiger partial charge >= 0.3 is 0 Å². The van der Waals surface area contributed by atoms with Gasteiger partial charge in [0, 0.05) is 28.0 Å². The maximum atomic E-state index is 5.74. The van der Waals surface area contributed by atoms with Crippen molar-refractivity contribution in [2.45, 2.75) is 17.6 Å². The first kappa shape index (κ1) is 12.8. The van der Waals surface area contributed by atoms with Crippen molar-refractivity contribution in [3.05, 3.63) is 53.6 Å². The molecule has 0 aliphatic carbocycles. The van der Waals surface area contributed by atoms with Gasteiger partial charge in [-0.25, -0.2) is 0 Å². The van der Waals surface area contributed by atoms with Gasteiger partial charge in [0.25, 0.3) is 0 Å². The molecule has 0 saturated carbocycles. The van der Waals surface area contributed by atoms with Crippen LogP contribution in [0.5, 0.6) is 5.75 Å². The van der Waals surface area contributed by atoms with Crippen LogP contribution in [0.2, 0.25) is 0 Å². The maximum absolute atomic E-state index is 5.74. The quantitative estimate of drug-likeness (QED) is 0.668. The third-order valence-electron chi connectivity index (χ3n) is 2.70. The van der Waals surface area contributed by atoms with Crippen molar-refractivity contribution in [1.82, 2.24) is 0 Å². The minimum atomic E-state index is 0.733. The Morgan fingerprint density at radius 2 is 2.00 bits per heavy atom. The third-order valence-corrected chi connectivity index (χ3v) is 3.74. The highest BCUT2D eigenvalue weighted by atomic mass is 32.2. The second kappa shape index (κ2) is 5.83. The fraction of sp³-hybridized carbons (Fsp3) is 0.200. The van der Waals surface area contributed by atoms with Crippen LogP contribution in [0.15, 0.2) is 47.4 Å². The molecule has 0 aliphatic heterocycles. The van der Waals surface area contributed by atoms with Crippen LogP contribution in [0, 0.1) is 6.92 Å². The molecule has 0 radical (unpaired) electrons. The van der Waals surface area contributed by atoms with Crippen molar-refractivity contribution < 1.29 is 4.74 Å². The summed E-state index contributed by atoms with van der Waals surface area (Å²) < 4.78 is 5.34. The van der Waals surface area contributed by atoms with E-state index in [2.05, 4.69) is 31.2 Å². The molecule has 94 valence electrons. The number of benzene rings is 2. The summed E-state index contributed by atoms with van der Waals surface area (Å²) in [4.78, 5) is 1.27. The van der Waals surface area contributed by atoms with Gasteiger partial charge in [0.1, 0.15) is 5.75 Å². The summed E-state index contributed by atoms with van der Waals surface area (Å²) in [5, 5.41) is 0. The van der Waals surface area contributed by atoms with E-state index in [1.807, 2.05) is 18.2 Å². The summed E-state index contributed by atoms with van der Waals surface area (Å²) in [6.07, 6.45) is 0. The summed E-state index contributed by atoms with van der Waals surface area (Å²) in [6, 6.07) is 14.3. The highest BCUT2D eigenvalue weighted by molar-refractivity contribution is 7.98. The zero-order valence-electron chi connectivity index (χ0n) is 10.6. The van der Waals surface area contributed by atoms with Crippen molar-refractivity contribution in [3.8, 4) is 5.75 Å². The second-order valence-electron chi connectivity index (χ2n) is 4.18. The topological polar surface area (TPSA) is 35.2 Å². The molecule has 0 unspecified atom stereocenters. The Balaban J connectivity index is 2.10. The summed E-state index contributed by atoms with van der Waals surface area (Å²) in [5.74, 6) is 1.74. The number of hydrogen-bond donors (Lipinski definition) is 1. The summed E-state index contributed by atoms with van der Waals surface area (Å²) in [5.41, 5.74) is 8.92. The molecule has 0 aliphatic rings. The molecule has 2 aromatic carbocycles. The average Bonchev–Trinajstić information content (AvgIpc) is 2.37. The van der Waals surface area contributed by atoms with E-state index >= 15 is 0 Å². The lowest BCUT2D eigenvalue weighted by Gasteiger charge is -2.09. The zero-order valence-corrected chi connectivity index (χ0v) is 11.5. The molecule has 0 atom stereocenters. The molecule has 0 heterocycles. The van der Waals surface area contributed by atoms with Crippen LogP contribution in [0.4, 0.5) is 5.69 Å². The Morgan fingerprint density at radius 1 is 1.17 bits per heavy atom. The number of thioether (sulfide) groups is 1. The molecule has 2 N–H and O–H groups in total. The molecular formula is C15H17NOS. The number of hydrogen-bond acceptors (Lipinski definition) is 3. The smallest absolute Gasteiger partial charge is 0.124 e. The van der Waals surface area contributed by atoms with Crippen molar-refractivity contribution >= 4 is 17.4 Å². The number of aryl methyl sites for hydroxylation is 1. The van der Waals surface area contributed by atoms with Crippen LogP contribution in [0.3, 0.4) is 0 Å². The zero-order chi connectivity index (χ0) is 13.0. The van der Waals surface area contributed by atoms with Crippen molar-refractivity contribution in [2.75, 3.05) is 12.8 Å². The largest absolute Gasteiger partial charge is 0.496 e. The van der Waals surface area contributed by atoms with Gasteiger partial charge in [0.15, 0.2) is 0 Å². The van der Waals surface area contributed by atoms with Gasteiger partial charge in [-0.2, -0.15) is 0 Å². The molecular weight excluding hydrogens is 242 g/mol. The molecule has 0 spiro atoms. The lowest BCUT2D eigenvalue weighted by atomic mass is 10.2. The first-order valence-corrected chi connectivity index (χ1v) is 6.79. The fourth-order valence-electron chi connectivity index (χ4n) is 1.75. The summed E-state index contributed by atoms with van der Waals surface area (Å²) >= 11 is 1.80. The first-order valence-electron chi connectivity index (χ1n) is 5.81. The molecule has 2 nitrogen and oxygen atoms in total. The number of nitrogens with two attached hydrogens (primary N) is 1. The minimum Gasteiger partial charge on any atom is -0.496 e. The van der Waals surface area contributed by atoms with Gasteiger partial charge in [0.2, 0.25) is 0 Å². The molecule has 2 aromatic rings. The Bertz CT molecular complexity index is 540. The van der Waals surface area contributed by atoms with Crippen LogP contribution in [-0.2, 0) is 5.75 Å². The number of methoxy groups -OCH3 is 1. The standard InChI is InChI=1S/C15H17NOS/c1-11-4-3-5-14(8-11)18-10-12-6-7-13(16)9-15(12)17-2/h3-9H,10,16H2,1-2H3. The first-order chi connectivity index (χ1) is 8.69. The van der Waals surface area contributed by atoms with E-state index in [9.17, 15) is 0 Å². The van der Waals surface area contributed by atoms with Gasteiger partial charge in [-0.15, -0.1) is 11.8 Å². The van der Waals surface area contributed by atoms with E-state index in [0.29, 0.717) is 0 Å². The Kier molecular flexibility index (Phi) is 4.15. The van der Waals surface area contributed by atoms with Gasteiger partial charge in [-0.05, 0) is 25.1 Å². The molecule has 0 fully saturated rings. The average molecular weight is 259 g/mol. The van der Waals surface area contributed by atoms with Crippen molar-refractivity contribution in [1.29, 1.82) is 0 Å². The van der Waals surface area contributed by atoms with Crippen LogP contribution >= 0.6 is 11.8 Å². The normalized spacial score (nSPS) is 10.3. The molecule has 3 heteroatoms. The minimum absolute atomic E-state index is 0.733. The van der Waals surface area contributed by atoms with Gasteiger partial charge in [-0.3, -0.25) is 0 Å². The van der Waals surface area contributed by atoms with Gasteiger partial charge < -0.3 is 10.5 Å². The third kappa shape index (κ3) is 3.20. The van der Waals surface area contributed by atoms with E-state index in [0.717, 1.165) is 17.2 Å². The second-order valence-corrected chi connectivity index (χ2v) is 5.23. The van der Waals surface area contributed by atoms with E-state index in [-0.39, 0.29) is 0 Å². The lowest BCUT2D eigenvalue weighted by molar-refractivity contribution is 0.411. The molecule has 2 rings (SSSR count). The lowest BCUT2D eigenvalue weighted by Crippen LogP contribution is -1.93. The Morgan fingerprint density at radius 3 is 2.72 bits per heavy atom. The molecule has 18 heavy (non-hydrogen) atoms. The van der Waals surface area contributed by atoms with E-state index in [4.69, 9.17) is 10.5 Å². The van der Waals surface area contributed by atoms with Gasteiger partial charge in [-0.1, -0.05) is 23.8 Å². The fourth-order valence-corrected chi connectivity index (χ4v) is 2.75. The van der Waals surface area contributed by atoms with Crippen molar-refractivity contribution in [2.24, 2.45) is 0 Å². The van der Waals surface area contributed by atoms with Crippen molar-refractivity contribution in [3.63, 3.8) is 0 Å². The number of rotatable bonds is 4. The molecule has 0 aromatic heterocycles. The van der Waals surface area contributed by atoms with Crippen LogP contribution in [-0.4, -0.2) is 7.11 Å². The van der Waals surface area contributed by atoms with Crippen LogP contribution < -0.4 is 10.5 Å². The maximum Gasteiger partial charge on any atom is 0.124 e. The predicted molar refractivity (Wildman–Crippen MR) is 78.1 cm³/mol. The Hall–Kier alpha value is -1.61. The summed E-state index contributed by atoms with van der Waals surface area (Å²) in [6.45, 7) is 2.11. The number of anilines is 1. The van der Waals surface area contributed by atoms with E-state index in [1.165, 1.54) is 16.0 Å². The Labute approximate surface area is 112 Å². The molecule has 0 saturated heterocycles. The van der Waals surface area contributed by atoms with Gasteiger partial charge in [0.05, 0.1) is 7.11 Å². The van der Waals surface area contributed by atoms with Crippen LogP contribution in [0.1, 0.15) is 11.1 Å². The number of nitrogen functional groups attached to an aromatic ring is 1. The SMILES string of the molecule is COc1cc(N)ccc1CSc1cccc(C)c1.